The van der Waals surface area contributed by atoms with Gasteiger partial charge in [-0.3, -0.25) is 4.90 Å². The highest BCUT2D eigenvalue weighted by atomic mass is 35.5. The molecule has 1 heterocycles. The molecule has 0 aromatic rings. The highest BCUT2D eigenvalue weighted by Crippen LogP contribution is 2.08. The van der Waals surface area contributed by atoms with Crippen LogP contribution in [0.25, 0.3) is 0 Å². The maximum absolute atomic E-state index is 6.04. The summed E-state index contributed by atoms with van der Waals surface area (Å²) in [7, 11) is 1.67. The van der Waals surface area contributed by atoms with Gasteiger partial charge in [0.2, 0.25) is 0 Å². The van der Waals surface area contributed by atoms with Crippen molar-refractivity contribution in [1.82, 2.24) is 10.2 Å². The fourth-order valence-corrected chi connectivity index (χ4v) is 2.21. The van der Waals surface area contributed by atoms with Crippen LogP contribution in [0.5, 0.6) is 0 Å². The average Bonchev–Trinajstić information content (AvgIpc) is 2.30. The maximum atomic E-state index is 6.04. The van der Waals surface area contributed by atoms with Crippen molar-refractivity contribution in [3.63, 3.8) is 0 Å². The molecule has 2 atom stereocenters. The minimum absolute atomic E-state index is 0.0322. The summed E-state index contributed by atoms with van der Waals surface area (Å²) < 4.78 is 10.7. The molecule has 1 N–H and O–H groups in total. The number of morpholine rings is 1. The molecule has 102 valence electrons. The van der Waals surface area contributed by atoms with Gasteiger partial charge in [0.25, 0.3) is 0 Å². The minimum atomic E-state index is 0.0322. The lowest BCUT2D eigenvalue weighted by atomic mass is 10.2. The average molecular weight is 265 g/mol. The molecule has 1 aliphatic rings. The summed E-state index contributed by atoms with van der Waals surface area (Å²) in [5.74, 6) is 0. The van der Waals surface area contributed by atoms with Crippen molar-refractivity contribution >= 4 is 11.6 Å². The molecule has 17 heavy (non-hydrogen) atoms. The molecule has 0 saturated carbocycles. The molecule has 1 aliphatic heterocycles. The summed E-state index contributed by atoms with van der Waals surface area (Å²) in [5.41, 5.74) is 0. The largest absolute Gasteiger partial charge is 0.383 e. The highest BCUT2D eigenvalue weighted by Gasteiger charge is 2.21. The van der Waals surface area contributed by atoms with Crippen molar-refractivity contribution in [2.75, 3.05) is 46.5 Å². The van der Waals surface area contributed by atoms with E-state index in [4.69, 9.17) is 21.1 Å². The van der Waals surface area contributed by atoms with Crippen LogP contribution < -0.4 is 5.32 Å². The van der Waals surface area contributed by atoms with Crippen molar-refractivity contribution in [1.29, 1.82) is 0 Å². The third-order valence-corrected chi connectivity index (χ3v) is 3.27. The Kier molecular flexibility index (Phi) is 7.39. The lowest BCUT2D eigenvalue weighted by Crippen LogP contribution is -2.49. The Hall–Kier alpha value is 0.130. The van der Waals surface area contributed by atoms with Crippen LogP contribution in [-0.2, 0) is 9.47 Å². The number of ether oxygens (including phenoxy) is 2. The van der Waals surface area contributed by atoms with Crippen molar-refractivity contribution in [3.05, 3.63) is 0 Å². The maximum Gasteiger partial charge on any atom is 0.0826 e. The van der Waals surface area contributed by atoms with Gasteiger partial charge in [-0.2, -0.15) is 0 Å². The Labute approximate surface area is 110 Å². The van der Waals surface area contributed by atoms with Crippen LogP contribution >= 0.6 is 11.6 Å². The lowest BCUT2D eigenvalue weighted by Gasteiger charge is -2.35. The zero-order valence-corrected chi connectivity index (χ0v) is 11.9. The Morgan fingerprint density at radius 3 is 2.94 bits per heavy atom. The van der Waals surface area contributed by atoms with Crippen LogP contribution in [0.2, 0.25) is 0 Å². The summed E-state index contributed by atoms with van der Waals surface area (Å²) in [6.45, 7) is 9.52. The van der Waals surface area contributed by atoms with Gasteiger partial charge in [-0.05, 0) is 13.8 Å². The van der Waals surface area contributed by atoms with E-state index in [0.717, 1.165) is 32.8 Å². The van der Waals surface area contributed by atoms with Crippen LogP contribution in [-0.4, -0.2) is 68.9 Å². The summed E-state index contributed by atoms with van der Waals surface area (Å²) in [6, 6.07) is 0.593. The fourth-order valence-electron chi connectivity index (χ4n) is 1.98. The van der Waals surface area contributed by atoms with E-state index in [1.54, 1.807) is 7.11 Å². The standard InChI is InChI=1S/C12H25ClN2O2/c1-10(2)15-4-5-17-12(8-15)7-14-6-11(13)9-16-3/h10-12,14H,4-9H2,1-3H3. The molecule has 0 radical (unpaired) electrons. The second-order valence-electron chi connectivity index (χ2n) is 4.79. The van der Waals surface area contributed by atoms with Crippen molar-refractivity contribution in [2.24, 2.45) is 0 Å². The molecular formula is C12H25ClN2O2. The monoisotopic (exact) mass is 264 g/mol. The number of nitrogens with one attached hydrogen (secondary N) is 1. The van der Waals surface area contributed by atoms with Crippen LogP contribution in [0.3, 0.4) is 0 Å². The first kappa shape index (κ1) is 15.2. The topological polar surface area (TPSA) is 33.7 Å². The molecule has 0 amide bonds. The number of halogens is 1. The first-order chi connectivity index (χ1) is 8.13. The van der Waals surface area contributed by atoms with Gasteiger partial charge in [0.15, 0.2) is 0 Å². The fraction of sp³-hybridized carbons (Fsp3) is 1.00. The molecular weight excluding hydrogens is 240 g/mol. The van der Waals surface area contributed by atoms with E-state index in [1.807, 2.05) is 0 Å². The summed E-state index contributed by atoms with van der Waals surface area (Å²) >= 11 is 6.04. The van der Waals surface area contributed by atoms with Crippen molar-refractivity contribution < 1.29 is 9.47 Å². The number of rotatable bonds is 7. The van der Waals surface area contributed by atoms with E-state index < -0.39 is 0 Å². The van der Waals surface area contributed by atoms with E-state index in [-0.39, 0.29) is 11.5 Å². The SMILES string of the molecule is COCC(Cl)CNCC1CN(C(C)C)CCO1. The molecule has 0 aliphatic carbocycles. The number of alkyl halides is 1. The van der Waals surface area contributed by atoms with Crippen molar-refractivity contribution in [2.45, 2.75) is 31.4 Å². The van der Waals surface area contributed by atoms with E-state index >= 15 is 0 Å². The molecule has 2 unspecified atom stereocenters. The number of nitrogens with zero attached hydrogens (tertiary/aromatic N) is 1. The smallest absolute Gasteiger partial charge is 0.0826 e. The number of hydrogen-bond acceptors (Lipinski definition) is 4. The molecule has 1 fully saturated rings. The zero-order valence-electron chi connectivity index (χ0n) is 11.1. The molecule has 0 aromatic heterocycles. The third kappa shape index (κ3) is 6.02. The predicted molar refractivity (Wildman–Crippen MR) is 70.8 cm³/mol. The second kappa shape index (κ2) is 8.27. The second-order valence-corrected chi connectivity index (χ2v) is 5.41. The van der Waals surface area contributed by atoms with Crippen LogP contribution in [0, 0.1) is 0 Å². The van der Waals surface area contributed by atoms with E-state index in [0.29, 0.717) is 12.6 Å². The molecule has 0 bridgehead atoms. The quantitative estimate of drug-likeness (QED) is 0.694. The van der Waals surface area contributed by atoms with E-state index in [1.165, 1.54) is 0 Å². The van der Waals surface area contributed by atoms with Gasteiger partial charge in [0.1, 0.15) is 0 Å². The zero-order chi connectivity index (χ0) is 12.7. The van der Waals surface area contributed by atoms with Crippen LogP contribution in [0.4, 0.5) is 0 Å². The van der Waals surface area contributed by atoms with Gasteiger partial charge in [0, 0.05) is 39.3 Å². The predicted octanol–water partition coefficient (Wildman–Crippen LogP) is 0.939. The third-order valence-electron chi connectivity index (χ3n) is 2.99. The van der Waals surface area contributed by atoms with E-state index in [2.05, 4.69) is 24.1 Å². The summed E-state index contributed by atoms with van der Waals surface area (Å²) in [5, 5.41) is 3.37. The minimum Gasteiger partial charge on any atom is -0.383 e. The Bertz CT molecular complexity index is 205. The van der Waals surface area contributed by atoms with Gasteiger partial charge < -0.3 is 14.8 Å². The van der Waals surface area contributed by atoms with Gasteiger partial charge in [-0.1, -0.05) is 0 Å². The first-order valence-electron chi connectivity index (χ1n) is 6.32. The Morgan fingerprint density at radius 2 is 2.29 bits per heavy atom. The number of methoxy groups -OCH3 is 1. The van der Waals surface area contributed by atoms with Gasteiger partial charge in [-0.25, -0.2) is 0 Å². The lowest BCUT2D eigenvalue weighted by molar-refractivity contribution is -0.0371. The van der Waals surface area contributed by atoms with E-state index in [9.17, 15) is 0 Å². The molecule has 0 aromatic carbocycles. The summed E-state index contributed by atoms with van der Waals surface area (Å²) in [6.07, 6.45) is 0.276. The van der Waals surface area contributed by atoms with Crippen molar-refractivity contribution in [3.8, 4) is 0 Å². The molecule has 5 heteroatoms. The van der Waals surface area contributed by atoms with Crippen LogP contribution in [0.1, 0.15) is 13.8 Å². The highest BCUT2D eigenvalue weighted by molar-refractivity contribution is 6.20. The van der Waals surface area contributed by atoms with Crippen LogP contribution in [0.15, 0.2) is 0 Å². The Morgan fingerprint density at radius 1 is 1.53 bits per heavy atom. The first-order valence-corrected chi connectivity index (χ1v) is 6.76. The molecule has 4 nitrogen and oxygen atoms in total. The Balaban J connectivity index is 2.14. The van der Waals surface area contributed by atoms with Gasteiger partial charge in [-0.15, -0.1) is 11.6 Å². The summed E-state index contributed by atoms with van der Waals surface area (Å²) in [4.78, 5) is 2.45. The molecule has 0 spiro atoms. The number of hydrogen-bond donors (Lipinski definition) is 1. The molecule has 1 rings (SSSR count). The molecule has 1 saturated heterocycles. The normalized spacial score (nSPS) is 24.2. The van der Waals surface area contributed by atoms with Gasteiger partial charge >= 0.3 is 0 Å². The van der Waals surface area contributed by atoms with Gasteiger partial charge in [0.05, 0.1) is 24.7 Å².